The lowest BCUT2D eigenvalue weighted by Gasteiger charge is -2.51. The van der Waals surface area contributed by atoms with E-state index in [0.717, 1.165) is 49.7 Å². The van der Waals surface area contributed by atoms with E-state index in [2.05, 4.69) is 17.1 Å². The molecule has 0 spiro atoms. The van der Waals surface area contributed by atoms with Gasteiger partial charge >= 0.3 is 6.18 Å². The van der Waals surface area contributed by atoms with Crippen molar-refractivity contribution in [1.29, 1.82) is 0 Å². The molecule has 1 saturated heterocycles. The van der Waals surface area contributed by atoms with E-state index in [-0.39, 0.29) is 23.6 Å². The van der Waals surface area contributed by atoms with E-state index < -0.39 is 11.7 Å². The maximum absolute atomic E-state index is 13.0. The van der Waals surface area contributed by atoms with E-state index in [0.29, 0.717) is 37.2 Å². The Kier molecular flexibility index (Phi) is 5.55. The van der Waals surface area contributed by atoms with Gasteiger partial charge in [0, 0.05) is 61.4 Å². The fourth-order valence-corrected chi connectivity index (χ4v) is 6.80. The van der Waals surface area contributed by atoms with Crippen molar-refractivity contribution in [2.24, 2.45) is 11.8 Å². The van der Waals surface area contributed by atoms with Crippen molar-refractivity contribution in [2.45, 2.75) is 50.2 Å². The number of piperazine rings is 1. The molecule has 1 saturated carbocycles. The highest BCUT2D eigenvalue weighted by Crippen LogP contribution is 2.64. The molecule has 2 fully saturated rings. The van der Waals surface area contributed by atoms with Gasteiger partial charge in [-0.3, -0.25) is 9.47 Å². The first-order valence-corrected chi connectivity index (χ1v) is 12.8. The third-order valence-corrected chi connectivity index (χ3v) is 8.80. The average Bonchev–Trinajstić information content (AvgIpc) is 3.08. The minimum atomic E-state index is -4.32. The normalized spacial score (nSPS) is 27.6. The standard InChI is InChI=1S/C27H32F3N3O2/c28-27(29,30)17-4-3-5-18(16-17)32-14-12-31(13-15-32)10-1-2-11-33-25(34)23-21-8-9-22(24(23)26(33)35)20-7-6-19(20)21/h3-5,8-9,16,19-22,34-35H,1-2,6-7,10-15H2. The number of aromatic nitrogens is 1. The van der Waals surface area contributed by atoms with Crippen LogP contribution in [0.15, 0.2) is 36.4 Å². The van der Waals surface area contributed by atoms with Crippen LogP contribution in [0.4, 0.5) is 18.9 Å². The second-order valence-corrected chi connectivity index (χ2v) is 10.6. The number of rotatable bonds is 6. The number of anilines is 1. The Bertz CT molecular complexity index is 1090. The van der Waals surface area contributed by atoms with Gasteiger partial charge in [0.2, 0.25) is 0 Å². The van der Waals surface area contributed by atoms with Gasteiger partial charge in [-0.15, -0.1) is 0 Å². The van der Waals surface area contributed by atoms with Crippen molar-refractivity contribution in [3.63, 3.8) is 0 Å². The van der Waals surface area contributed by atoms with Gasteiger partial charge in [0.15, 0.2) is 11.8 Å². The highest BCUT2D eigenvalue weighted by Gasteiger charge is 2.52. The zero-order chi connectivity index (χ0) is 24.3. The van der Waals surface area contributed by atoms with Gasteiger partial charge in [0.05, 0.1) is 5.56 Å². The summed E-state index contributed by atoms with van der Waals surface area (Å²) in [7, 11) is 0. The molecular formula is C27H32F3N3O2. The van der Waals surface area contributed by atoms with E-state index in [1.165, 1.54) is 25.0 Å². The summed E-state index contributed by atoms with van der Waals surface area (Å²) in [6, 6.07) is 5.56. The van der Waals surface area contributed by atoms with Crippen molar-refractivity contribution >= 4 is 5.69 Å². The minimum absolute atomic E-state index is 0.244. The SMILES string of the molecule is Oc1c2c(c(O)n1CCCCN1CCN(c3cccc(C(F)(F)F)c3)CC1)C1C=CC2C2CCC12. The van der Waals surface area contributed by atoms with Crippen LogP contribution in [-0.2, 0) is 12.7 Å². The molecule has 1 aliphatic heterocycles. The average molecular weight is 488 g/mol. The lowest BCUT2D eigenvalue weighted by atomic mass is 9.52. The maximum atomic E-state index is 13.0. The summed E-state index contributed by atoms with van der Waals surface area (Å²) >= 11 is 0. The molecule has 2 bridgehead atoms. The number of hydrogen-bond donors (Lipinski definition) is 2. The van der Waals surface area contributed by atoms with Crippen molar-refractivity contribution < 1.29 is 23.4 Å². The second-order valence-electron chi connectivity index (χ2n) is 10.6. The Morgan fingerprint density at radius 1 is 0.829 bits per heavy atom. The van der Waals surface area contributed by atoms with Gasteiger partial charge in [0.1, 0.15) is 0 Å². The van der Waals surface area contributed by atoms with Crippen LogP contribution in [0.3, 0.4) is 0 Å². The lowest BCUT2D eigenvalue weighted by Crippen LogP contribution is -2.46. The summed E-state index contributed by atoms with van der Waals surface area (Å²) in [6.45, 7) is 4.50. The molecule has 2 aromatic rings. The Balaban J connectivity index is 1.01. The van der Waals surface area contributed by atoms with Crippen LogP contribution < -0.4 is 4.90 Å². The van der Waals surface area contributed by atoms with Crippen LogP contribution in [0.5, 0.6) is 11.8 Å². The van der Waals surface area contributed by atoms with E-state index >= 15 is 0 Å². The van der Waals surface area contributed by atoms with Gasteiger partial charge in [0.25, 0.3) is 0 Å². The van der Waals surface area contributed by atoms with E-state index in [1.54, 1.807) is 10.6 Å². The molecule has 1 aromatic carbocycles. The molecular weight excluding hydrogens is 455 g/mol. The van der Waals surface area contributed by atoms with Crippen molar-refractivity contribution in [3.05, 3.63) is 53.1 Å². The van der Waals surface area contributed by atoms with Crippen LogP contribution >= 0.6 is 0 Å². The Labute approximate surface area is 203 Å². The monoisotopic (exact) mass is 487 g/mol. The fourth-order valence-electron chi connectivity index (χ4n) is 6.80. The summed E-state index contributed by atoms with van der Waals surface area (Å²) in [5.74, 6) is 2.22. The number of benzene rings is 1. The molecule has 4 unspecified atom stereocenters. The topological polar surface area (TPSA) is 51.9 Å². The van der Waals surface area contributed by atoms with Crippen molar-refractivity contribution in [2.75, 3.05) is 37.6 Å². The van der Waals surface area contributed by atoms with Gasteiger partial charge in [-0.2, -0.15) is 13.2 Å². The second kappa shape index (κ2) is 8.50. The number of nitrogens with zero attached hydrogens (tertiary/aromatic N) is 3. The van der Waals surface area contributed by atoms with Crippen molar-refractivity contribution in [1.82, 2.24) is 9.47 Å². The Hall–Kier alpha value is -2.61. The summed E-state index contributed by atoms with van der Waals surface area (Å²) in [5, 5.41) is 21.9. The third-order valence-electron chi connectivity index (χ3n) is 8.80. The van der Waals surface area contributed by atoms with Crippen LogP contribution in [-0.4, -0.2) is 52.4 Å². The number of allylic oxidation sites excluding steroid dienone is 2. The molecule has 2 N–H and O–H groups in total. The zero-order valence-corrected chi connectivity index (χ0v) is 19.7. The fraction of sp³-hybridized carbons (Fsp3) is 0.556. The third kappa shape index (κ3) is 3.81. The molecule has 5 aliphatic rings. The minimum Gasteiger partial charge on any atom is -0.494 e. The van der Waals surface area contributed by atoms with Gasteiger partial charge in [-0.25, -0.2) is 0 Å². The van der Waals surface area contributed by atoms with E-state index in [9.17, 15) is 23.4 Å². The lowest BCUT2D eigenvalue weighted by molar-refractivity contribution is -0.137. The first kappa shape index (κ1) is 22.8. The van der Waals surface area contributed by atoms with E-state index in [1.807, 2.05) is 4.90 Å². The summed E-state index contributed by atoms with van der Waals surface area (Å²) < 4.78 is 40.8. The maximum Gasteiger partial charge on any atom is 0.416 e. The van der Waals surface area contributed by atoms with Crippen LogP contribution in [0.25, 0.3) is 0 Å². The summed E-state index contributed by atoms with van der Waals surface area (Å²) in [4.78, 5) is 4.36. The predicted octanol–water partition coefficient (Wildman–Crippen LogP) is 5.30. The quantitative estimate of drug-likeness (QED) is 0.429. The van der Waals surface area contributed by atoms with Crippen LogP contribution in [0.1, 0.15) is 54.2 Å². The number of alkyl halides is 3. The molecule has 8 heteroatoms. The van der Waals surface area contributed by atoms with Gasteiger partial charge < -0.3 is 15.1 Å². The number of halogens is 3. The van der Waals surface area contributed by atoms with Gasteiger partial charge in [-0.1, -0.05) is 18.2 Å². The zero-order valence-electron chi connectivity index (χ0n) is 19.7. The van der Waals surface area contributed by atoms with Crippen LogP contribution in [0.2, 0.25) is 0 Å². The Morgan fingerprint density at radius 3 is 2.00 bits per heavy atom. The first-order chi connectivity index (χ1) is 16.8. The number of hydrogen-bond acceptors (Lipinski definition) is 4. The highest BCUT2D eigenvalue weighted by molar-refractivity contribution is 5.58. The molecule has 5 nitrogen and oxygen atoms in total. The largest absolute Gasteiger partial charge is 0.494 e. The summed E-state index contributed by atoms with van der Waals surface area (Å²) in [5.41, 5.74) is 1.94. The molecule has 4 aliphatic carbocycles. The molecule has 188 valence electrons. The molecule has 2 heterocycles. The molecule has 1 aromatic heterocycles. The molecule has 0 amide bonds. The van der Waals surface area contributed by atoms with Crippen LogP contribution in [0, 0.1) is 11.8 Å². The smallest absolute Gasteiger partial charge is 0.416 e. The molecule has 0 radical (unpaired) electrons. The molecule has 35 heavy (non-hydrogen) atoms. The van der Waals surface area contributed by atoms with Crippen molar-refractivity contribution in [3.8, 4) is 11.8 Å². The highest BCUT2D eigenvalue weighted by atomic mass is 19.4. The predicted molar refractivity (Wildman–Crippen MR) is 128 cm³/mol. The number of aromatic hydroxyl groups is 2. The van der Waals surface area contributed by atoms with E-state index in [4.69, 9.17) is 0 Å². The first-order valence-electron chi connectivity index (χ1n) is 12.8. The molecule has 7 rings (SSSR count). The Morgan fingerprint density at radius 2 is 1.43 bits per heavy atom. The number of unbranched alkanes of at least 4 members (excludes halogenated alkanes) is 1. The van der Waals surface area contributed by atoms with Gasteiger partial charge in [-0.05, 0) is 62.3 Å². The molecule has 4 atom stereocenters. The summed E-state index contributed by atoms with van der Waals surface area (Å²) in [6.07, 6.45) is 4.34.